The molecular formula is C32H39ClN2O5S. The highest BCUT2D eigenvalue weighted by atomic mass is 35.5. The minimum atomic E-state index is -3.88. The third-order valence-corrected chi connectivity index (χ3v) is 11.8. The lowest BCUT2D eigenvalue weighted by molar-refractivity contribution is 0.0980. The Bertz CT molecular complexity index is 1450. The number of allylic oxidation sites excluding steroid dienone is 1. The Labute approximate surface area is 248 Å². The number of sulfonamides is 1. The van der Waals surface area contributed by atoms with Crippen LogP contribution in [0.5, 0.6) is 5.75 Å². The van der Waals surface area contributed by atoms with Crippen molar-refractivity contribution in [2.24, 2.45) is 17.8 Å². The van der Waals surface area contributed by atoms with Crippen LogP contribution in [0.25, 0.3) is 0 Å². The van der Waals surface area contributed by atoms with Gasteiger partial charge in [0.15, 0.2) is 0 Å². The molecule has 1 saturated heterocycles. The van der Waals surface area contributed by atoms with Crippen LogP contribution in [-0.2, 0) is 27.8 Å². The van der Waals surface area contributed by atoms with Gasteiger partial charge in [-0.2, -0.15) is 0 Å². The van der Waals surface area contributed by atoms with Crippen LogP contribution in [0.1, 0.15) is 67.4 Å². The number of hydrogen-bond acceptors (Lipinski definition) is 6. The van der Waals surface area contributed by atoms with Gasteiger partial charge < -0.3 is 14.4 Å². The first kappa shape index (κ1) is 28.6. The number of amides is 1. The molecule has 1 saturated carbocycles. The molecule has 3 aliphatic heterocycles. The molecule has 2 aromatic carbocycles. The average molecular weight is 599 g/mol. The molecule has 9 heteroatoms. The number of hydrogen-bond donors (Lipinski definition) is 1. The first-order valence-corrected chi connectivity index (χ1v) is 16.7. The summed E-state index contributed by atoms with van der Waals surface area (Å²) in [6.07, 6.45) is 9.99. The Kier molecular flexibility index (Phi) is 7.85. The van der Waals surface area contributed by atoms with Gasteiger partial charge in [-0.25, -0.2) is 13.1 Å². The molecule has 220 valence electrons. The highest BCUT2D eigenvalue weighted by Crippen LogP contribution is 2.51. The Hall–Kier alpha value is -2.55. The molecule has 1 N–H and O–H groups in total. The predicted octanol–water partition coefficient (Wildman–Crippen LogP) is 5.90. The van der Waals surface area contributed by atoms with Crippen molar-refractivity contribution < 1.29 is 22.7 Å². The van der Waals surface area contributed by atoms with E-state index in [1.165, 1.54) is 5.56 Å². The zero-order chi connectivity index (χ0) is 28.8. The van der Waals surface area contributed by atoms with Gasteiger partial charge in [0.05, 0.1) is 17.5 Å². The summed E-state index contributed by atoms with van der Waals surface area (Å²) in [4.78, 5) is 15.7. The van der Waals surface area contributed by atoms with Crippen molar-refractivity contribution in [3.05, 3.63) is 70.3 Å². The van der Waals surface area contributed by atoms with Crippen LogP contribution in [0.3, 0.4) is 0 Å². The summed E-state index contributed by atoms with van der Waals surface area (Å²) in [6.45, 7) is 6.31. The van der Waals surface area contributed by atoms with E-state index in [-0.39, 0.29) is 11.5 Å². The van der Waals surface area contributed by atoms with Crippen molar-refractivity contribution in [1.29, 1.82) is 0 Å². The number of ether oxygens (including phenoxy) is 2. The zero-order valence-corrected chi connectivity index (χ0v) is 25.3. The average Bonchev–Trinajstić information content (AvgIpc) is 3.69. The van der Waals surface area contributed by atoms with Gasteiger partial charge in [0.2, 0.25) is 10.0 Å². The number of anilines is 1. The van der Waals surface area contributed by atoms with Gasteiger partial charge in [-0.05, 0) is 105 Å². The van der Waals surface area contributed by atoms with E-state index in [0.29, 0.717) is 42.8 Å². The third kappa shape index (κ3) is 5.88. The molecule has 0 radical (unpaired) electrons. The van der Waals surface area contributed by atoms with Gasteiger partial charge in [0.1, 0.15) is 18.0 Å². The smallest absolute Gasteiger partial charge is 0.264 e. The molecular weight excluding hydrogens is 560 g/mol. The first-order chi connectivity index (χ1) is 19.6. The van der Waals surface area contributed by atoms with Crippen molar-refractivity contribution in [2.45, 2.75) is 69.8 Å². The molecule has 1 amide bonds. The van der Waals surface area contributed by atoms with Crippen molar-refractivity contribution in [2.75, 3.05) is 24.6 Å². The van der Waals surface area contributed by atoms with Crippen molar-refractivity contribution >= 4 is 33.2 Å². The van der Waals surface area contributed by atoms with Crippen molar-refractivity contribution in [1.82, 2.24) is 4.72 Å². The molecule has 0 aromatic heterocycles. The van der Waals surface area contributed by atoms with Gasteiger partial charge >= 0.3 is 0 Å². The number of epoxide rings is 1. The summed E-state index contributed by atoms with van der Waals surface area (Å²) in [7, 11) is -3.88. The lowest BCUT2D eigenvalue weighted by Gasteiger charge is -2.43. The standard InChI is InChI=1S/C32H39ClN2O5S/c1-21-6-5-14-32(20-40-32)28-12-9-25(28)18-35-15-4-3-7-23-16-27(33)11-8-26(23)19-39-30-13-10-24(17-29(30)35)31(36)34-41(37,38)22(21)2/h5,8,10-11,13-14,16-17,21-22,25,28H,3-4,6-7,9,12,15,18-20H2,1-2H3,(H,34,36)/b14-5+/t21?,22-,25+,28-,32+/m1/s1. The maximum absolute atomic E-state index is 13.3. The first-order valence-electron chi connectivity index (χ1n) is 14.8. The quantitative estimate of drug-likeness (QED) is 0.300. The number of halogens is 1. The summed E-state index contributed by atoms with van der Waals surface area (Å²) < 4.78 is 41.2. The molecule has 41 heavy (non-hydrogen) atoms. The molecule has 2 fully saturated rings. The fourth-order valence-electron chi connectivity index (χ4n) is 6.57. The lowest BCUT2D eigenvalue weighted by atomic mass is 9.66. The van der Waals surface area contributed by atoms with E-state index >= 15 is 0 Å². The van der Waals surface area contributed by atoms with Crippen LogP contribution < -0.4 is 14.4 Å². The van der Waals surface area contributed by atoms with E-state index in [2.05, 4.69) is 21.8 Å². The molecule has 1 spiro atoms. The number of carbonyl (C=O) groups excluding carboxylic acids is 1. The number of rotatable bonds is 0. The largest absolute Gasteiger partial charge is 0.487 e. The molecule has 2 bridgehead atoms. The fourth-order valence-corrected chi connectivity index (χ4v) is 8.05. The normalized spacial score (nSPS) is 32.3. The summed E-state index contributed by atoms with van der Waals surface area (Å²) in [5, 5.41) is -0.00879. The third-order valence-electron chi connectivity index (χ3n) is 9.65. The maximum atomic E-state index is 13.3. The van der Waals surface area contributed by atoms with Crippen LogP contribution in [0.4, 0.5) is 5.69 Å². The SMILES string of the molecule is CC1C/C=C/[C@]2(CO2)[C@@H]2CC[C@H]2CN2CCCCc3cc(Cl)ccc3COc3ccc(cc32)C(=O)NS(=O)(=O)[C@@H]1C. The second-order valence-corrected chi connectivity index (χ2v) is 14.7. The molecule has 1 aliphatic carbocycles. The minimum Gasteiger partial charge on any atom is -0.487 e. The second-order valence-electron chi connectivity index (χ2n) is 12.3. The summed E-state index contributed by atoms with van der Waals surface area (Å²) in [5.41, 5.74) is 3.18. The molecule has 5 atom stereocenters. The number of nitrogens with one attached hydrogen (secondary N) is 1. The number of nitrogens with zero attached hydrogens (tertiary/aromatic N) is 1. The van der Waals surface area contributed by atoms with E-state index in [9.17, 15) is 13.2 Å². The molecule has 4 aliphatic rings. The number of aryl methyl sites for hydroxylation is 1. The van der Waals surface area contributed by atoms with Crippen molar-refractivity contribution in [3.8, 4) is 5.75 Å². The summed E-state index contributed by atoms with van der Waals surface area (Å²) in [5.74, 6) is 0.785. The lowest BCUT2D eigenvalue weighted by Crippen LogP contribution is -2.45. The number of fused-ring (bicyclic) bond motifs is 4. The molecule has 6 rings (SSSR count). The van der Waals surface area contributed by atoms with Crippen LogP contribution in [0.15, 0.2) is 48.6 Å². The monoisotopic (exact) mass is 598 g/mol. The van der Waals surface area contributed by atoms with Gasteiger partial charge in [-0.1, -0.05) is 36.7 Å². The Morgan fingerprint density at radius 1 is 1.07 bits per heavy atom. The van der Waals surface area contributed by atoms with E-state index in [4.69, 9.17) is 21.1 Å². The maximum Gasteiger partial charge on any atom is 0.264 e. The number of benzene rings is 2. The van der Waals surface area contributed by atoms with Crippen molar-refractivity contribution in [3.63, 3.8) is 0 Å². The second kappa shape index (κ2) is 11.3. The molecule has 3 heterocycles. The molecule has 1 unspecified atom stereocenters. The summed E-state index contributed by atoms with van der Waals surface area (Å²) in [6, 6.07) is 11.2. The van der Waals surface area contributed by atoms with E-state index in [1.54, 1.807) is 25.1 Å². The topological polar surface area (TPSA) is 88.2 Å². The van der Waals surface area contributed by atoms with Crippen LogP contribution >= 0.6 is 11.6 Å². The minimum absolute atomic E-state index is 0.161. The summed E-state index contributed by atoms with van der Waals surface area (Å²) >= 11 is 6.32. The Morgan fingerprint density at radius 3 is 2.66 bits per heavy atom. The highest BCUT2D eigenvalue weighted by molar-refractivity contribution is 7.90. The van der Waals surface area contributed by atoms with Gasteiger partial charge in [0.25, 0.3) is 5.91 Å². The zero-order valence-electron chi connectivity index (χ0n) is 23.8. The number of carbonyl (C=O) groups is 1. The Balaban J connectivity index is 1.39. The van der Waals surface area contributed by atoms with Crippen LogP contribution in [0.2, 0.25) is 5.02 Å². The fraction of sp³-hybridized carbons (Fsp3) is 0.531. The van der Waals surface area contributed by atoms with Gasteiger partial charge in [-0.15, -0.1) is 0 Å². The molecule has 2 aromatic rings. The van der Waals surface area contributed by atoms with Crippen LogP contribution in [0, 0.1) is 17.8 Å². The van der Waals surface area contributed by atoms with E-state index in [1.807, 2.05) is 25.1 Å². The van der Waals surface area contributed by atoms with Crippen LogP contribution in [-0.4, -0.2) is 44.9 Å². The van der Waals surface area contributed by atoms with E-state index in [0.717, 1.165) is 61.5 Å². The highest BCUT2D eigenvalue weighted by Gasteiger charge is 2.55. The van der Waals surface area contributed by atoms with Gasteiger partial charge in [0, 0.05) is 23.7 Å². The molecule has 7 nitrogen and oxygen atoms in total. The van der Waals surface area contributed by atoms with E-state index < -0.39 is 21.2 Å². The Morgan fingerprint density at radius 2 is 1.90 bits per heavy atom. The van der Waals surface area contributed by atoms with Gasteiger partial charge in [-0.3, -0.25) is 4.79 Å². The predicted molar refractivity (Wildman–Crippen MR) is 161 cm³/mol.